The molecule has 0 radical (unpaired) electrons. The van der Waals surface area contributed by atoms with Crippen LogP contribution in [0.25, 0.3) is 21.5 Å². The summed E-state index contributed by atoms with van der Waals surface area (Å²) >= 11 is 1.73. The maximum Gasteiger partial charge on any atom is 1.00 e. The monoisotopic (exact) mass is 474 g/mol. The summed E-state index contributed by atoms with van der Waals surface area (Å²) in [6.45, 7) is 4.06. The number of likely N-dealkylation sites (N-methyl/N-ethyl adjacent to an activating group) is 1. The fraction of sp³-hybridized carbons (Fsp3) is 0.217. The van der Waals surface area contributed by atoms with Crippen molar-refractivity contribution in [3.8, 4) is 0 Å². The zero-order valence-corrected chi connectivity index (χ0v) is 21.8. The normalized spacial score (nSPS) is 12.0. The molecule has 0 spiro atoms. The molecule has 0 saturated carbocycles. The predicted molar refractivity (Wildman–Crippen MR) is 126 cm³/mol. The molecule has 0 saturated heterocycles. The molecule has 166 valence electrons. The number of rotatable bonds is 4. The molecule has 1 aliphatic rings. The average molecular weight is 475 g/mol. The number of aliphatic carboxylic acids is 1. The van der Waals surface area contributed by atoms with E-state index >= 15 is 0 Å². The topological polar surface area (TPSA) is 114 Å². The van der Waals surface area contributed by atoms with Crippen LogP contribution in [0.4, 0.5) is 10.6 Å². The van der Waals surface area contributed by atoms with Gasteiger partial charge in [0.1, 0.15) is 0 Å². The summed E-state index contributed by atoms with van der Waals surface area (Å²) in [7, 11) is 1.80. The molecule has 3 aromatic rings. The second-order valence-electron chi connectivity index (χ2n) is 7.22. The van der Waals surface area contributed by atoms with Gasteiger partial charge >= 0.3 is 29.6 Å². The van der Waals surface area contributed by atoms with Gasteiger partial charge < -0.3 is 20.6 Å². The maximum absolute atomic E-state index is 12.5. The molecule has 1 aliphatic heterocycles. The van der Waals surface area contributed by atoms with Gasteiger partial charge in [-0.3, -0.25) is 19.4 Å². The smallest absolute Gasteiger partial charge is 0.481 e. The van der Waals surface area contributed by atoms with Crippen molar-refractivity contribution >= 4 is 51.2 Å². The number of aromatic nitrogens is 1. The van der Waals surface area contributed by atoms with E-state index in [1.807, 2.05) is 18.2 Å². The Kier molecular flexibility index (Phi) is 9.60. The number of aryl methyl sites for hydroxylation is 1. The van der Waals surface area contributed by atoms with Crippen LogP contribution in [0.15, 0.2) is 42.6 Å². The summed E-state index contributed by atoms with van der Waals surface area (Å²) in [4.78, 5) is 39.9. The van der Waals surface area contributed by atoms with E-state index in [0.29, 0.717) is 18.9 Å². The van der Waals surface area contributed by atoms with Crippen LogP contribution in [0, 0.1) is 6.92 Å². The van der Waals surface area contributed by atoms with Crippen molar-refractivity contribution in [1.29, 1.82) is 0 Å². The van der Waals surface area contributed by atoms with Gasteiger partial charge in [-0.1, -0.05) is 18.2 Å². The number of carboxylic acids is 1. The number of carbonyl (C=O) groups excluding carboxylic acids is 2. The number of hydrogen-bond donors (Lipinski definition) is 2. The van der Waals surface area contributed by atoms with Crippen LogP contribution in [0.1, 0.15) is 28.5 Å². The Labute approximate surface area is 218 Å². The van der Waals surface area contributed by atoms with Crippen LogP contribution < -0.4 is 34.9 Å². The SMILES string of the molecule is CC(=O)O.Cc1c(CN(C)C(=O)/C=C/c2cnc3c(c2)C[N-]C(=O)N3)sc2ccccc12.[Na+]. The number of urea groups is 1. The van der Waals surface area contributed by atoms with E-state index in [-0.39, 0.29) is 41.5 Å². The van der Waals surface area contributed by atoms with Gasteiger partial charge in [0.15, 0.2) is 6.03 Å². The third-order valence-electron chi connectivity index (χ3n) is 4.72. The first-order valence-corrected chi connectivity index (χ1v) is 10.6. The zero-order chi connectivity index (χ0) is 23.3. The summed E-state index contributed by atoms with van der Waals surface area (Å²) in [5.41, 5.74) is 2.86. The van der Waals surface area contributed by atoms with Crippen LogP contribution in [0.5, 0.6) is 0 Å². The molecule has 8 nitrogen and oxygen atoms in total. The van der Waals surface area contributed by atoms with E-state index in [9.17, 15) is 9.59 Å². The van der Waals surface area contributed by atoms with Crippen LogP contribution in [-0.4, -0.2) is 39.9 Å². The van der Waals surface area contributed by atoms with Crippen molar-refractivity contribution in [1.82, 2.24) is 9.88 Å². The van der Waals surface area contributed by atoms with E-state index in [1.165, 1.54) is 20.5 Å². The fourth-order valence-corrected chi connectivity index (χ4v) is 4.38. The van der Waals surface area contributed by atoms with Crippen LogP contribution in [0.3, 0.4) is 0 Å². The van der Waals surface area contributed by atoms with Gasteiger partial charge in [0, 0.05) is 35.8 Å². The summed E-state index contributed by atoms with van der Waals surface area (Å²) < 4.78 is 1.24. The molecule has 0 atom stereocenters. The first kappa shape index (κ1) is 26.5. The number of nitrogens with zero attached hydrogens (tertiary/aromatic N) is 3. The van der Waals surface area contributed by atoms with Crippen LogP contribution >= 0.6 is 11.3 Å². The molecular weight excluding hydrogens is 451 g/mol. The van der Waals surface area contributed by atoms with Crippen molar-refractivity contribution in [2.45, 2.75) is 26.9 Å². The van der Waals surface area contributed by atoms with Gasteiger partial charge in [-0.25, -0.2) is 0 Å². The molecule has 3 amide bonds. The van der Waals surface area contributed by atoms with Crippen LogP contribution in [0.2, 0.25) is 0 Å². The predicted octanol–water partition coefficient (Wildman–Crippen LogP) is 1.79. The number of fused-ring (bicyclic) bond motifs is 2. The molecule has 0 fully saturated rings. The van der Waals surface area contributed by atoms with E-state index < -0.39 is 5.97 Å². The van der Waals surface area contributed by atoms with Gasteiger partial charge in [-0.2, -0.15) is 0 Å². The minimum atomic E-state index is -0.833. The first-order valence-electron chi connectivity index (χ1n) is 9.81. The molecule has 3 heterocycles. The van der Waals surface area contributed by atoms with Crippen molar-refractivity contribution in [2.75, 3.05) is 12.4 Å². The second kappa shape index (κ2) is 11.9. The van der Waals surface area contributed by atoms with Gasteiger partial charge in [-0.15, -0.1) is 11.3 Å². The van der Waals surface area contributed by atoms with Crippen molar-refractivity contribution < 1.29 is 49.0 Å². The third kappa shape index (κ3) is 7.13. The van der Waals surface area contributed by atoms with Gasteiger partial charge in [-0.05, 0) is 53.8 Å². The molecule has 2 N–H and O–H groups in total. The first-order chi connectivity index (χ1) is 15.2. The molecule has 0 unspecified atom stereocenters. The number of benzene rings is 1. The van der Waals surface area contributed by atoms with E-state index in [0.717, 1.165) is 18.1 Å². The van der Waals surface area contributed by atoms with Crippen LogP contribution in [-0.2, 0) is 22.7 Å². The number of nitrogens with one attached hydrogen (secondary N) is 1. The fourth-order valence-electron chi connectivity index (χ4n) is 3.11. The van der Waals surface area contributed by atoms with Crippen molar-refractivity contribution in [3.63, 3.8) is 0 Å². The molecule has 4 rings (SSSR count). The Hall–Kier alpha value is -2.72. The number of carbonyl (C=O) groups is 3. The molecule has 33 heavy (non-hydrogen) atoms. The van der Waals surface area contributed by atoms with Crippen molar-refractivity contribution in [2.24, 2.45) is 0 Å². The molecule has 2 aromatic heterocycles. The Morgan fingerprint density at radius 2 is 2.03 bits per heavy atom. The van der Waals surface area contributed by atoms with Gasteiger partial charge in [0.2, 0.25) is 5.91 Å². The molecular formula is C23H23N4NaO4S. The summed E-state index contributed by atoms with van der Waals surface area (Å²) in [6.07, 6.45) is 4.91. The number of hydrogen-bond acceptors (Lipinski definition) is 5. The largest absolute Gasteiger partial charge is 1.00 e. The average Bonchev–Trinajstić information content (AvgIpc) is 3.07. The summed E-state index contributed by atoms with van der Waals surface area (Å²) in [6, 6.07) is 9.79. The Balaban J connectivity index is 0.000000714. The second-order valence-corrected chi connectivity index (χ2v) is 8.35. The van der Waals surface area contributed by atoms with Gasteiger partial charge in [0.25, 0.3) is 5.97 Å². The number of anilines is 1. The minimum Gasteiger partial charge on any atom is -0.481 e. The number of amides is 3. The minimum absolute atomic E-state index is 0. The standard InChI is InChI=1S/C21H20N4O2S.C2H4O2.Na/c1-13-16-5-3-4-6-17(16)28-18(13)12-25(2)19(26)8-7-14-9-15-11-23-21(27)24-20(15)22-10-14;1-2(3)4;/h3-10H,11-12H2,1-2H3,(H2,22,23,24,26,27);1H3,(H,3,4);/q;;+1/p-1. The Morgan fingerprint density at radius 3 is 2.73 bits per heavy atom. The number of thiophene rings is 1. The summed E-state index contributed by atoms with van der Waals surface area (Å²) in [5.74, 6) is -0.381. The number of pyridine rings is 1. The van der Waals surface area contributed by atoms with E-state index in [2.05, 4.69) is 34.7 Å². The van der Waals surface area contributed by atoms with Crippen molar-refractivity contribution in [3.05, 3.63) is 69.5 Å². The zero-order valence-electron chi connectivity index (χ0n) is 19.0. The van der Waals surface area contributed by atoms with E-state index in [1.54, 1.807) is 41.6 Å². The van der Waals surface area contributed by atoms with E-state index in [4.69, 9.17) is 9.90 Å². The Bertz CT molecular complexity index is 1200. The van der Waals surface area contributed by atoms with Gasteiger partial charge in [0.05, 0.1) is 12.4 Å². The third-order valence-corrected chi connectivity index (χ3v) is 5.98. The Morgan fingerprint density at radius 1 is 1.33 bits per heavy atom. The maximum atomic E-state index is 12.5. The number of carboxylic acid groups (broad SMARTS) is 1. The molecule has 1 aromatic carbocycles. The molecule has 10 heteroatoms. The molecule has 0 bridgehead atoms. The molecule has 0 aliphatic carbocycles. The quantitative estimate of drug-likeness (QED) is 0.442. The summed E-state index contributed by atoms with van der Waals surface area (Å²) in [5, 5.41) is 15.1.